The van der Waals surface area contributed by atoms with Gasteiger partial charge in [-0.3, -0.25) is 0 Å². The highest BCUT2D eigenvalue weighted by Gasteiger charge is 2.24. The van der Waals surface area contributed by atoms with Crippen LogP contribution in [0.4, 0.5) is 4.79 Å². The van der Waals surface area contributed by atoms with E-state index in [2.05, 4.69) is 5.32 Å². The van der Waals surface area contributed by atoms with Crippen LogP contribution in [0, 0.1) is 6.92 Å². The highest BCUT2D eigenvalue weighted by atomic mass is 16.5. The average Bonchev–Trinajstić information content (AvgIpc) is 3.08. The van der Waals surface area contributed by atoms with Crippen molar-refractivity contribution >= 4 is 6.03 Å². The minimum Gasteiger partial charge on any atom is -0.493 e. The number of nitrogens with zero attached hydrogens (tertiary/aromatic N) is 1. The van der Waals surface area contributed by atoms with Gasteiger partial charge in [-0.05, 0) is 31.2 Å². The lowest BCUT2D eigenvalue weighted by Gasteiger charge is -2.32. The molecule has 1 N–H and O–H groups in total. The molecule has 0 spiro atoms. The van der Waals surface area contributed by atoms with Gasteiger partial charge in [0, 0.05) is 38.9 Å². The fourth-order valence-electron chi connectivity index (χ4n) is 3.10. The lowest BCUT2D eigenvalue weighted by atomic mass is 10.1. The molecule has 0 bridgehead atoms. The largest absolute Gasteiger partial charge is 0.493 e. The van der Waals surface area contributed by atoms with E-state index in [-0.39, 0.29) is 12.1 Å². The van der Waals surface area contributed by atoms with Crippen molar-refractivity contribution in [3.05, 3.63) is 47.9 Å². The number of rotatable bonds is 6. The fourth-order valence-corrected chi connectivity index (χ4v) is 3.10. The van der Waals surface area contributed by atoms with Crippen molar-refractivity contribution in [2.75, 3.05) is 26.7 Å². The van der Waals surface area contributed by atoms with E-state index in [9.17, 15) is 4.79 Å². The maximum Gasteiger partial charge on any atom is 0.317 e. The van der Waals surface area contributed by atoms with Crippen molar-refractivity contribution in [1.29, 1.82) is 0 Å². The summed E-state index contributed by atoms with van der Waals surface area (Å²) in [6.45, 7) is 3.86. The Morgan fingerprint density at radius 1 is 1.19 bits per heavy atom. The van der Waals surface area contributed by atoms with Crippen LogP contribution < -0.4 is 14.8 Å². The zero-order valence-corrected chi connectivity index (χ0v) is 15.4. The van der Waals surface area contributed by atoms with Crippen molar-refractivity contribution in [3.8, 4) is 11.5 Å². The molecule has 1 aromatic heterocycles. The Morgan fingerprint density at radius 3 is 2.58 bits per heavy atom. The Bertz CT molecular complexity index is 720. The minimum atomic E-state index is -0.0241. The summed E-state index contributed by atoms with van der Waals surface area (Å²) in [5.41, 5.74) is 0. The maximum atomic E-state index is 12.3. The van der Waals surface area contributed by atoms with Crippen molar-refractivity contribution in [3.63, 3.8) is 0 Å². The molecule has 1 aromatic carbocycles. The number of hydrogen-bond donors (Lipinski definition) is 1. The van der Waals surface area contributed by atoms with E-state index in [0.717, 1.165) is 35.9 Å². The van der Waals surface area contributed by atoms with Gasteiger partial charge in [-0.1, -0.05) is 12.1 Å². The van der Waals surface area contributed by atoms with Crippen molar-refractivity contribution in [1.82, 2.24) is 10.2 Å². The number of benzene rings is 1. The summed E-state index contributed by atoms with van der Waals surface area (Å²) in [5.74, 6) is 3.28. The Morgan fingerprint density at radius 2 is 1.92 bits per heavy atom. The normalized spacial score (nSPS) is 14.9. The van der Waals surface area contributed by atoms with Gasteiger partial charge in [0.2, 0.25) is 0 Å². The Kier molecular flexibility index (Phi) is 6.04. The van der Waals surface area contributed by atoms with Crippen molar-refractivity contribution < 1.29 is 18.7 Å². The number of urea groups is 1. The third-order valence-electron chi connectivity index (χ3n) is 4.54. The Balaban J connectivity index is 1.40. The quantitative estimate of drug-likeness (QED) is 0.860. The van der Waals surface area contributed by atoms with Crippen LogP contribution in [-0.2, 0) is 6.42 Å². The number of furan rings is 1. The topological polar surface area (TPSA) is 63.9 Å². The van der Waals surface area contributed by atoms with Crippen LogP contribution in [0.1, 0.15) is 24.4 Å². The van der Waals surface area contributed by atoms with Crippen LogP contribution in [0.3, 0.4) is 0 Å². The second kappa shape index (κ2) is 8.65. The van der Waals surface area contributed by atoms with Gasteiger partial charge >= 0.3 is 6.03 Å². The highest BCUT2D eigenvalue weighted by molar-refractivity contribution is 5.74. The van der Waals surface area contributed by atoms with Crippen LogP contribution in [0.5, 0.6) is 11.5 Å². The fraction of sp³-hybridized carbons (Fsp3) is 0.450. The molecule has 1 aliphatic rings. The molecule has 6 heteroatoms. The second-order valence-corrected chi connectivity index (χ2v) is 6.45. The molecule has 0 saturated carbocycles. The van der Waals surface area contributed by atoms with Crippen LogP contribution in [0.2, 0.25) is 0 Å². The molecular weight excluding hydrogens is 332 g/mol. The number of ether oxygens (including phenoxy) is 2. The smallest absolute Gasteiger partial charge is 0.317 e. The number of carbonyl (C=O) groups excluding carboxylic acids is 1. The van der Waals surface area contributed by atoms with Gasteiger partial charge in [0.1, 0.15) is 17.6 Å². The predicted octanol–water partition coefficient (Wildman–Crippen LogP) is 3.39. The van der Waals surface area contributed by atoms with Crippen molar-refractivity contribution in [2.24, 2.45) is 0 Å². The zero-order chi connectivity index (χ0) is 18.4. The van der Waals surface area contributed by atoms with Crippen LogP contribution in [-0.4, -0.2) is 43.8 Å². The average molecular weight is 358 g/mol. The lowest BCUT2D eigenvalue weighted by molar-refractivity contribution is 0.108. The van der Waals surface area contributed by atoms with Gasteiger partial charge in [-0.25, -0.2) is 4.79 Å². The number of aryl methyl sites for hydroxylation is 1. The van der Waals surface area contributed by atoms with Gasteiger partial charge in [-0.15, -0.1) is 0 Å². The number of piperidine rings is 1. The summed E-state index contributed by atoms with van der Waals surface area (Å²) in [7, 11) is 1.64. The number of hydrogen-bond acceptors (Lipinski definition) is 4. The summed E-state index contributed by atoms with van der Waals surface area (Å²) < 4.78 is 16.9. The van der Waals surface area contributed by atoms with Crippen LogP contribution >= 0.6 is 0 Å². The molecule has 2 aromatic rings. The van der Waals surface area contributed by atoms with E-state index in [1.54, 1.807) is 7.11 Å². The number of carbonyl (C=O) groups is 1. The molecule has 2 heterocycles. The third kappa shape index (κ3) is 4.71. The first-order valence-electron chi connectivity index (χ1n) is 9.03. The Hall–Kier alpha value is -2.63. The van der Waals surface area contributed by atoms with E-state index < -0.39 is 0 Å². The van der Waals surface area contributed by atoms with Gasteiger partial charge in [-0.2, -0.15) is 0 Å². The monoisotopic (exact) mass is 358 g/mol. The first kappa shape index (κ1) is 18.2. The molecule has 0 aliphatic carbocycles. The molecule has 1 aliphatic heterocycles. The SMILES string of the molecule is COc1ccccc1OC1CCN(C(=O)NCCc2ccc(C)o2)CC1. The van der Waals surface area contributed by atoms with Crippen LogP contribution in [0.25, 0.3) is 0 Å². The molecule has 0 radical (unpaired) electrons. The molecule has 140 valence electrons. The number of para-hydroxylation sites is 2. The number of methoxy groups -OCH3 is 1. The van der Waals surface area contributed by atoms with Gasteiger partial charge in [0.05, 0.1) is 7.11 Å². The summed E-state index contributed by atoms with van der Waals surface area (Å²) in [6.07, 6.45) is 2.42. The van der Waals surface area contributed by atoms with E-state index in [1.165, 1.54) is 0 Å². The summed E-state index contributed by atoms with van der Waals surface area (Å²) in [4.78, 5) is 14.1. The molecule has 3 rings (SSSR count). The summed E-state index contributed by atoms with van der Waals surface area (Å²) >= 11 is 0. The van der Waals surface area contributed by atoms with Crippen molar-refractivity contribution in [2.45, 2.75) is 32.3 Å². The third-order valence-corrected chi connectivity index (χ3v) is 4.54. The summed E-state index contributed by atoms with van der Waals surface area (Å²) in [5, 5.41) is 2.96. The molecule has 26 heavy (non-hydrogen) atoms. The first-order chi connectivity index (χ1) is 12.7. The molecule has 0 atom stereocenters. The zero-order valence-electron chi connectivity index (χ0n) is 15.4. The molecule has 2 amide bonds. The van der Waals surface area contributed by atoms with E-state index >= 15 is 0 Å². The Labute approximate surface area is 154 Å². The van der Waals surface area contributed by atoms with Gasteiger partial charge in [0.25, 0.3) is 0 Å². The second-order valence-electron chi connectivity index (χ2n) is 6.45. The van der Waals surface area contributed by atoms with Gasteiger partial charge < -0.3 is 24.1 Å². The standard InChI is InChI=1S/C20H26N2O4/c1-15-7-8-16(25-15)9-12-21-20(23)22-13-10-17(11-14-22)26-19-6-4-3-5-18(19)24-2/h3-8,17H,9-14H2,1-2H3,(H,21,23). The summed E-state index contributed by atoms with van der Waals surface area (Å²) in [6, 6.07) is 11.5. The van der Waals surface area contributed by atoms with Crippen LogP contribution in [0.15, 0.2) is 40.8 Å². The molecule has 0 unspecified atom stereocenters. The number of likely N-dealkylation sites (tertiary alicyclic amines) is 1. The predicted molar refractivity (Wildman–Crippen MR) is 98.8 cm³/mol. The molecule has 1 saturated heterocycles. The van der Waals surface area contributed by atoms with Gasteiger partial charge in [0.15, 0.2) is 11.5 Å². The molecule has 6 nitrogen and oxygen atoms in total. The molecular formula is C20H26N2O4. The van der Waals surface area contributed by atoms with E-state index in [4.69, 9.17) is 13.9 Å². The number of amides is 2. The highest BCUT2D eigenvalue weighted by Crippen LogP contribution is 2.28. The number of nitrogens with one attached hydrogen (secondary N) is 1. The lowest BCUT2D eigenvalue weighted by Crippen LogP contribution is -2.46. The minimum absolute atomic E-state index is 0.0241. The molecule has 1 fully saturated rings. The van der Waals surface area contributed by atoms with E-state index in [0.29, 0.717) is 26.1 Å². The van der Waals surface area contributed by atoms with E-state index in [1.807, 2.05) is 48.2 Å². The first-order valence-corrected chi connectivity index (χ1v) is 9.03. The maximum absolute atomic E-state index is 12.3.